The normalized spacial score (nSPS) is 11.6. The molecule has 1 rings (SSSR count). The third kappa shape index (κ3) is 1.68. The van der Waals surface area contributed by atoms with Crippen LogP contribution in [-0.4, -0.2) is 10.4 Å². The maximum atomic E-state index is 10.7. The van der Waals surface area contributed by atoms with Gasteiger partial charge in [-0.05, 0) is 18.5 Å². The lowest BCUT2D eigenvalue weighted by molar-refractivity contribution is -0.106. The Morgan fingerprint density at radius 3 is 2.91 bits per heavy atom. The number of aromatic nitrogens is 1. The molecular formula is C7H6ClNO2. The fraction of sp³-hybridized carbons (Fsp3) is 0.143. The maximum Gasteiger partial charge on any atom is 0.254 e. The predicted octanol–water partition coefficient (Wildman–Crippen LogP) is 1.84. The van der Waals surface area contributed by atoms with Gasteiger partial charge in [-0.2, -0.15) is 0 Å². The van der Waals surface area contributed by atoms with Crippen LogP contribution < -0.4 is 0 Å². The zero-order valence-corrected chi connectivity index (χ0v) is 6.63. The number of halogens is 1. The molecule has 1 aromatic rings. The molecule has 58 valence electrons. The van der Waals surface area contributed by atoms with Crippen LogP contribution >= 0.6 is 11.6 Å². The van der Waals surface area contributed by atoms with Crippen LogP contribution in [0.5, 0.6) is 0 Å². The van der Waals surface area contributed by atoms with Crippen LogP contribution in [0.25, 0.3) is 5.57 Å². The first kappa shape index (κ1) is 8.01. The summed E-state index contributed by atoms with van der Waals surface area (Å²) in [4.78, 5) is 10.7. The van der Waals surface area contributed by atoms with E-state index in [1.54, 1.807) is 19.1 Å². The maximum absolute atomic E-state index is 10.7. The topological polar surface area (TPSA) is 43.1 Å². The average Bonchev–Trinajstić information content (AvgIpc) is 2.40. The molecule has 0 aliphatic rings. The van der Waals surface area contributed by atoms with Crippen LogP contribution in [-0.2, 0) is 4.79 Å². The van der Waals surface area contributed by atoms with E-state index in [9.17, 15) is 4.79 Å². The number of nitrogens with zero attached hydrogens (tertiary/aromatic N) is 1. The third-order valence-electron chi connectivity index (χ3n) is 1.21. The number of hydrogen-bond acceptors (Lipinski definition) is 3. The standard InChI is InChI=1S/C7H6ClNO2/c1-2-5(7(8)10)6-3-4-11-9-6/h2-4H,1H3. The Kier molecular flexibility index (Phi) is 2.44. The van der Waals surface area contributed by atoms with E-state index in [0.29, 0.717) is 11.3 Å². The molecule has 0 aliphatic carbocycles. The molecule has 0 spiro atoms. The predicted molar refractivity (Wildman–Crippen MR) is 41.0 cm³/mol. The molecule has 0 N–H and O–H groups in total. The van der Waals surface area contributed by atoms with Crippen molar-refractivity contribution in [3.05, 3.63) is 24.1 Å². The van der Waals surface area contributed by atoms with E-state index in [-0.39, 0.29) is 0 Å². The van der Waals surface area contributed by atoms with Crippen molar-refractivity contribution < 1.29 is 9.32 Å². The minimum Gasteiger partial charge on any atom is -0.364 e. The van der Waals surface area contributed by atoms with Gasteiger partial charge in [-0.1, -0.05) is 11.2 Å². The molecule has 0 unspecified atom stereocenters. The largest absolute Gasteiger partial charge is 0.364 e. The highest BCUT2D eigenvalue weighted by Gasteiger charge is 2.09. The first-order chi connectivity index (χ1) is 5.25. The molecule has 0 saturated carbocycles. The molecule has 0 amide bonds. The van der Waals surface area contributed by atoms with E-state index in [1.165, 1.54) is 6.26 Å². The highest BCUT2D eigenvalue weighted by atomic mass is 35.5. The lowest BCUT2D eigenvalue weighted by Crippen LogP contribution is -1.92. The average molecular weight is 172 g/mol. The smallest absolute Gasteiger partial charge is 0.254 e. The zero-order chi connectivity index (χ0) is 8.27. The molecule has 11 heavy (non-hydrogen) atoms. The fourth-order valence-corrected chi connectivity index (χ4v) is 0.919. The van der Waals surface area contributed by atoms with E-state index in [2.05, 4.69) is 9.68 Å². The second kappa shape index (κ2) is 3.34. The molecule has 0 aliphatic heterocycles. The van der Waals surface area contributed by atoms with Crippen LogP contribution in [0.4, 0.5) is 0 Å². The van der Waals surface area contributed by atoms with Gasteiger partial charge >= 0.3 is 0 Å². The summed E-state index contributed by atoms with van der Waals surface area (Å²) in [5.74, 6) is 0. The van der Waals surface area contributed by atoms with Crippen molar-refractivity contribution in [1.29, 1.82) is 0 Å². The van der Waals surface area contributed by atoms with Gasteiger partial charge in [0.05, 0.1) is 5.57 Å². The van der Waals surface area contributed by atoms with Crippen LogP contribution in [0.3, 0.4) is 0 Å². The summed E-state index contributed by atoms with van der Waals surface area (Å²) in [7, 11) is 0. The Labute approximate surface area is 68.6 Å². The van der Waals surface area contributed by atoms with Crippen molar-refractivity contribution in [1.82, 2.24) is 5.16 Å². The Bertz CT molecular complexity index is 277. The zero-order valence-electron chi connectivity index (χ0n) is 5.87. The van der Waals surface area contributed by atoms with Crippen molar-refractivity contribution in [2.45, 2.75) is 6.92 Å². The Balaban J connectivity index is 2.99. The van der Waals surface area contributed by atoms with Gasteiger partial charge in [-0.15, -0.1) is 0 Å². The van der Waals surface area contributed by atoms with Crippen LogP contribution in [0, 0.1) is 0 Å². The second-order valence-electron chi connectivity index (χ2n) is 1.86. The van der Waals surface area contributed by atoms with Crippen LogP contribution in [0.2, 0.25) is 0 Å². The SMILES string of the molecule is CC=C(C(=O)Cl)c1ccon1. The summed E-state index contributed by atoms with van der Waals surface area (Å²) in [6.45, 7) is 1.71. The number of hydrogen-bond donors (Lipinski definition) is 0. The summed E-state index contributed by atoms with van der Waals surface area (Å²) < 4.78 is 4.55. The molecule has 1 heterocycles. The first-order valence-electron chi connectivity index (χ1n) is 3.02. The second-order valence-corrected chi connectivity index (χ2v) is 2.20. The van der Waals surface area contributed by atoms with E-state index in [4.69, 9.17) is 11.6 Å². The highest BCUT2D eigenvalue weighted by Crippen LogP contribution is 2.14. The number of carbonyl (C=O) groups is 1. The number of carbonyl (C=O) groups excluding carboxylic acids is 1. The molecule has 0 radical (unpaired) electrons. The van der Waals surface area contributed by atoms with Gasteiger partial charge in [-0.25, -0.2) is 0 Å². The van der Waals surface area contributed by atoms with Crippen molar-refractivity contribution >= 4 is 22.4 Å². The van der Waals surface area contributed by atoms with Crippen LogP contribution in [0.1, 0.15) is 12.6 Å². The number of rotatable bonds is 2. The highest BCUT2D eigenvalue weighted by molar-refractivity contribution is 6.74. The van der Waals surface area contributed by atoms with Gasteiger partial charge in [0.1, 0.15) is 12.0 Å². The Hall–Kier alpha value is -1.09. The Morgan fingerprint density at radius 1 is 1.82 bits per heavy atom. The van der Waals surface area contributed by atoms with E-state index >= 15 is 0 Å². The lowest BCUT2D eigenvalue weighted by Gasteiger charge is -1.91. The third-order valence-corrected chi connectivity index (χ3v) is 1.42. The molecule has 4 heteroatoms. The van der Waals surface area contributed by atoms with Gasteiger partial charge in [-0.3, -0.25) is 4.79 Å². The van der Waals surface area contributed by atoms with Crippen molar-refractivity contribution in [2.24, 2.45) is 0 Å². The van der Waals surface area contributed by atoms with Gasteiger partial charge in [0, 0.05) is 6.07 Å². The van der Waals surface area contributed by atoms with Crippen LogP contribution in [0.15, 0.2) is 22.9 Å². The molecule has 1 aromatic heterocycles. The van der Waals surface area contributed by atoms with Gasteiger partial charge < -0.3 is 4.52 Å². The van der Waals surface area contributed by atoms with Gasteiger partial charge in [0.25, 0.3) is 5.24 Å². The molecular weight excluding hydrogens is 166 g/mol. The summed E-state index contributed by atoms with van der Waals surface area (Å²) in [5, 5.41) is 3.03. The van der Waals surface area contributed by atoms with Gasteiger partial charge in [0.2, 0.25) is 0 Å². The minimum atomic E-state index is -0.526. The quantitative estimate of drug-likeness (QED) is 0.504. The Morgan fingerprint density at radius 2 is 2.55 bits per heavy atom. The molecule has 0 fully saturated rings. The lowest BCUT2D eigenvalue weighted by atomic mass is 10.2. The molecule has 3 nitrogen and oxygen atoms in total. The summed E-state index contributed by atoms with van der Waals surface area (Å²) in [5.41, 5.74) is 0.827. The summed E-state index contributed by atoms with van der Waals surface area (Å²) >= 11 is 5.25. The van der Waals surface area contributed by atoms with Gasteiger partial charge in [0.15, 0.2) is 0 Å². The number of allylic oxidation sites excluding steroid dienone is 2. The molecule has 0 saturated heterocycles. The molecule has 0 atom stereocenters. The fourth-order valence-electron chi connectivity index (χ4n) is 0.714. The van der Waals surface area contributed by atoms with Crippen molar-refractivity contribution in [2.75, 3.05) is 0 Å². The summed E-state index contributed by atoms with van der Waals surface area (Å²) in [6, 6.07) is 1.58. The van der Waals surface area contributed by atoms with Crippen molar-refractivity contribution in [3.63, 3.8) is 0 Å². The van der Waals surface area contributed by atoms with E-state index in [0.717, 1.165) is 0 Å². The molecule has 0 bridgehead atoms. The van der Waals surface area contributed by atoms with Crippen molar-refractivity contribution in [3.8, 4) is 0 Å². The minimum absolute atomic E-state index is 0.361. The summed E-state index contributed by atoms with van der Waals surface area (Å²) in [6.07, 6.45) is 2.98. The molecule has 0 aromatic carbocycles. The first-order valence-corrected chi connectivity index (χ1v) is 3.40. The monoisotopic (exact) mass is 171 g/mol. The van der Waals surface area contributed by atoms with E-state index in [1.807, 2.05) is 0 Å². The van der Waals surface area contributed by atoms with E-state index < -0.39 is 5.24 Å².